The lowest BCUT2D eigenvalue weighted by atomic mass is 9.97. The van der Waals surface area contributed by atoms with Gasteiger partial charge >= 0.3 is 0 Å². The van der Waals surface area contributed by atoms with Crippen LogP contribution in [0.1, 0.15) is 38.8 Å². The Labute approximate surface area is 158 Å². The molecule has 2 aliphatic heterocycles. The SMILES string of the molecule is CC1CCCC(C)N1C(=O)COCc1cc(-c2ccc3c(c2)OCO3)on1. The molecule has 1 saturated heterocycles. The van der Waals surface area contributed by atoms with Gasteiger partial charge in [-0.1, -0.05) is 5.16 Å². The van der Waals surface area contributed by atoms with E-state index in [0.717, 1.165) is 24.2 Å². The molecule has 27 heavy (non-hydrogen) atoms. The number of nitrogens with zero attached hydrogens (tertiary/aromatic N) is 2. The second kappa shape index (κ2) is 7.60. The number of hydrogen-bond acceptors (Lipinski definition) is 6. The summed E-state index contributed by atoms with van der Waals surface area (Å²) in [6.07, 6.45) is 3.28. The molecule has 2 unspecified atom stereocenters. The molecule has 2 atom stereocenters. The Morgan fingerprint density at radius 2 is 1.96 bits per heavy atom. The third-order valence-electron chi connectivity index (χ3n) is 5.17. The fourth-order valence-electron chi connectivity index (χ4n) is 3.80. The first-order chi connectivity index (χ1) is 13.1. The highest BCUT2D eigenvalue weighted by Crippen LogP contribution is 2.36. The summed E-state index contributed by atoms with van der Waals surface area (Å²) in [7, 11) is 0. The van der Waals surface area contributed by atoms with E-state index in [0.29, 0.717) is 17.2 Å². The van der Waals surface area contributed by atoms with Crippen LogP contribution in [0.25, 0.3) is 11.3 Å². The number of ether oxygens (including phenoxy) is 3. The van der Waals surface area contributed by atoms with Gasteiger partial charge in [0.25, 0.3) is 0 Å². The minimum absolute atomic E-state index is 0.0363. The molecule has 144 valence electrons. The molecular formula is C20H24N2O5. The van der Waals surface area contributed by atoms with Gasteiger partial charge in [0.05, 0.1) is 6.61 Å². The van der Waals surface area contributed by atoms with E-state index >= 15 is 0 Å². The molecule has 0 radical (unpaired) electrons. The molecule has 7 nitrogen and oxygen atoms in total. The van der Waals surface area contributed by atoms with Gasteiger partial charge < -0.3 is 23.6 Å². The van der Waals surface area contributed by atoms with Crippen LogP contribution < -0.4 is 9.47 Å². The quantitative estimate of drug-likeness (QED) is 0.801. The normalized spacial score (nSPS) is 21.5. The molecule has 1 fully saturated rings. The first kappa shape index (κ1) is 17.9. The van der Waals surface area contributed by atoms with Gasteiger partial charge in [0.15, 0.2) is 17.3 Å². The van der Waals surface area contributed by atoms with Crippen molar-refractivity contribution in [3.8, 4) is 22.8 Å². The zero-order chi connectivity index (χ0) is 18.8. The number of carbonyl (C=O) groups excluding carboxylic acids is 1. The lowest BCUT2D eigenvalue weighted by molar-refractivity contribution is -0.142. The summed E-state index contributed by atoms with van der Waals surface area (Å²) in [5.41, 5.74) is 1.50. The molecule has 1 aromatic heterocycles. The van der Waals surface area contributed by atoms with E-state index in [1.165, 1.54) is 6.42 Å². The minimum atomic E-state index is 0.0363. The Bertz CT molecular complexity index is 808. The number of aromatic nitrogens is 1. The van der Waals surface area contributed by atoms with Crippen molar-refractivity contribution >= 4 is 5.91 Å². The summed E-state index contributed by atoms with van der Waals surface area (Å²) < 4.78 is 21.7. The van der Waals surface area contributed by atoms with Crippen LogP contribution in [-0.4, -0.2) is 41.4 Å². The van der Waals surface area contributed by atoms with Crippen LogP contribution in [0, 0.1) is 0 Å². The van der Waals surface area contributed by atoms with Crippen LogP contribution in [0.15, 0.2) is 28.8 Å². The van der Waals surface area contributed by atoms with Crippen molar-refractivity contribution in [1.82, 2.24) is 10.1 Å². The molecule has 2 aromatic rings. The van der Waals surface area contributed by atoms with E-state index in [4.69, 9.17) is 18.7 Å². The van der Waals surface area contributed by atoms with E-state index in [2.05, 4.69) is 19.0 Å². The molecular weight excluding hydrogens is 348 g/mol. The van der Waals surface area contributed by atoms with E-state index in [1.54, 1.807) is 0 Å². The van der Waals surface area contributed by atoms with E-state index < -0.39 is 0 Å². The summed E-state index contributed by atoms with van der Waals surface area (Å²) in [6, 6.07) is 7.95. The van der Waals surface area contributed by atoms with Crippen LogP contribution in [-0.2, 0) is 16.1 Å². The highest BCUT2D eigenvalue weighted by atomic mass is 16.7. The Morgan fingerprint density at radius 1 is 1.19 bits per heavy atom. The van der Waals surface area contributed by atoms with Crippen molar-refractivity contribution in [3.63, 3.8) is 0 Å². The lowest BCUT2D eigenvalue weighted by Gasteiger charge is -2.39. The summed E-state index contributed by atoms with van der Waals surface area (Å²) >= 11 is 0. The van der Waals surface area contributed by atoms with Gasteiger partial charge in [0.2, 0.25) is 12.7 Å². The second-order valence-corrected chi connectivity index (χ2v) is 7.17. The standard InChI is InChI=1S/C20H24N2O5/c1-13-4-3-5-14(2)22(13)20(23)11-24-10-16-9-18(27-21-16)15-6-7-17-19(8-15)26-12-25-17/h6-9,13-14H,3-5,10-12H2,1-2H3. The number of piperidine rings is 1. The Balaban J connectivity index is 1.33. The predicted octanol–water partition coefficient (Wildman–Crippen LogP) is 3.38. The smallest absolute Gasteiger partial charge is 0.249 e. The van der Waals surface area contributed by atoms with Gasteiger partial charge in [-0.25, -0.2) is 0 Å². The lowest BCUT2D eigenvalue weighted by Crippen LogP contribution is -2.48. The third kappa shape index (κ3) is 3.78. The molecule has 1 amide bonds. The van der Waals surface area contributed by atoms with Gasteiger partial charge in [-0.2, -0.15) is 0 Å². The molecule has 3 heterocycles. The number of amides is 1. The van der Waals surface area contributed by atoms with Crippen LogP contribution in [0.2, 0.25) is 0 Å². The first-order valence-electron chi connectivity index (χ1n) is 9.36. The monoisotopic (exact) mass is 372 g/mol. The summed E-state index contributed by atoms with van der Waals surface area (Å²) in [5, 5.41) is 4.03. The average molecular weight is 372 g/mol. The van der Waals surface area contributed by atoms with Gasteiger partial charge in [-0.05, 0) is 51.3 Å². The number of rotatable bonds is 5. The van der Waals surface area contributed by atoms with Crippen molar-refractivity contribution in [2.24, 2.45) is 0 Å². The number of fused-ring (bicyclic) bond motifs is 1. The van der Waals surface area contributed by atoms with Crippen molar-refractivity contribution in [2.45, 2.75) is 51.8 Å². The maximum absolute atomic E-state index is 12.5. The summed E-state index contributed by atoms with van der Waals surface area (Å²) in [4.78, 5) is 14.4. The summed E-state index contributed by atoms with van der Waals surface area (Å²) in [5.74, 6) is 2.07. The van der Waals surface area contributed by atoms with Gasteiger partial charge in [0.1, 0.15) is 12.3 Å². The first-order valence-corrected chi connectivity index (χ1v) is 9.36. The zero-order valence-electron chi connectivity index (χ0n) is 15.6. The highest BCUT2D eigenvalue weighted by molar-refractivity contribution is 5.78. The van der Waals surface area contributed by atoms with Crippen LogP contribution in [0.3, 0.4) is 0 Å². The Hall–Kier alpha value is -2.54. The molecule has 0 aliphatic carbocycles. The van der Waals surface area contributed by atoms with E-state index in [1.807, 2.05) is 29.2 Å². The van der Waals surface area contributed by atoms with E-state index in [9.17, 15) is 4.79 Å². The second-order valence-electron chi connectivity index (χ2n) is 7.17. The zero-order valence-corrected chi connectivity index (χ0v) is 15.6. The van der Waals surface area contributed by atoms with Crippen molar-refractivity contribution in [2.75, 3.05) is 13.4 Å². The number of benzene rings is 1. The van der Waals surface area contributed by atoms with Crippen LogP contribution in [0.4, 0.5) is 0 Å². The van der Waals surface area contributed by atoms with Gasteiger partial charge in [0, 0.05) is 23.7 Å². The van der Waals surface area contributed by atoms with Gasteiger partial charge in [-0.3, -0.25) is 4.79 Å². The summed E-state index contributed by atoms with van der Waals surface area (Å²) in [6.45, 7) is 4.72. The highest BCUT2D eigenvalue weighted by Gasteiger charge is 2.28. The molecule has 0 spiro atoms. The van der Waals surface area contributed by atoms with Crippen molar-refractivity contribution in [3.05, 3.63) is 30.0 Å². The molecule has 7 heteroatoms. The fraction of sp³-hybridized carbons (Fsp3) is 0.500. The Kier molecular flexibility index (Phi) is 5.03. The maximum Gasteiger partial charge on any atom is 0.249 e. The number of carbonyl (C=O) groups is 1. The molecule has 0 saturated carbocycles. The largest absolute Gasteiger partial charge is 0.454 e. The number of hydrogen-bond donors (Lipinski definition) is 0. The maximum atomic E-state index is 12.5. The Morgan fingerprint density at radius 3 is 2.78 bits per heavy atom. The molecule has 2 aliphatic rings. The fourth-order valence-corrected chi connectivity index (χ4v) is 3.80. The van der Waals surface area contributed by atoms with Gasteiger partial charge in [-0.15, -0.1) is 0 Å². The molecule has 0 N–H and O–H groups in total. The van der Waals surface area contributed by atoms with Crippen LogP contribution in [0.5, 0.6) is 11.5 Å². The van der Waals surface area contributed by atoms with Crippen molar-refractivity contribution in [1.29, 1.82) is 0 Å². The van der Waals surface area contributed by atoms with Crippen LogP contribution >= 0.6 is 0 Å². The van der Waals surface area contributed by atoms with E-state index in [-0.39, 0.29) is 38.0 Å². The van der Waals surface area contributed by atoms with Crippen molar-refractivity contribution < 1.29 is 23.5 Å². The minimum Gasteiger partial charge on any atom is -0.454 e. The number of likely N-dealkylation sites (tertiary alicyclic amines) is 1. The average Bonchev–Trinajstić information content (AvgIpc) is 3.30. The topological polar surface area (TPSA) is 74.0 Å². The molecule has 0 bridgehead atoms. The third-order valence-corrected chi connectivity index (χ3v) is 5.17. The molecule has 1 aromatic carbocycles. The predicted molar refractivity (Wildman–Crippen MR) is 97.3 cm³/mol. The molecule has 4 rings (SSSR count).